The summed E-state index contributed by atoms with van der Waals surface area (Å²) in [6, 6.07) is 9.23. The summed E-state index contributed by atoms with van der Waals surface area (Å²) in [5.41, 5.74) is -0.370. The summed E-state index contributed by atoms with van der Waals surface area (Å²) in [6.45, 7) is 1.30. The van der Waals surface area contributed by atoms with Gasteiger partial charge in [-0.1, -0.05) is 0 Å². The van der Waals surface area contributed by atoms with Crippen LogP contribution in [0.25, 0.3) is 0 Å². The van der Waals surface area contributed by atoms with Crippen molar-refractivity contribution in [1.82, 2.24) is 4.57 Å². The number of nitrogens with one attached hydrogen (secondary N) is 1. The van der Waals surface area contributed by atoms with Crippen LogP contribution >= 0.6 is 0 Å². The Labute approximate surface area is 131 Å². The first-order valence-electron chi connectivity index (χ1n) is 6.71. The van der Waals surface area contributed by atoms with Crippen LogP contribution in [-0.2, 0) is 11.3 Å². The fourth-order valence-electron chi connectivity index (χ4n) is 2.01. The SMILES string of the molecule is COc1ccc(NC(=O)Cn2c(C)ccc([N+](=O)[O-])c2=O)cc1. The minimum Gasteiger partial charge on any atom is -0.497 e. The van der Waals surface area contributed by atoms with E-state index in [1.165, 1.54) is 13.2 Å². The molecule has 23 heavy (non-hydrogen) atoms. The molecular formula is C15H15N3O5. The minimum absolute atomic E-state index is 0.307. The first-order valence-corrected chi connectivity index (χ1v) is 6.71. The molecule has 1 aromatic carbocycles. The van der Waals surface area contributed by atoms with Crippen molar-refractivity contribution in [2.75, 3.05) is 12.4 Å². The molecule has 2 aromatic rings. The number of aromatic nitrogens is 1. The number of carbonyl (C=O) groups is 1. The highest BCUT2D eigenvalue weighted by Crippen LogP contribution is 2.15. The molecule has 8 heteroatoms. The predicted molar refractivity (Wildman–Crippen MR) is 83.7 cm³/mol. The summed E-state index contributed by atoms with van der Waals surface area (Å²) in [6.07, 6.45) is 0. The molecule has 0 saturated heterocycles. The average Bonchev–Trinajstić information content (AvgIpc) is 2.51. The molecule has 0 aliphatic heterocycles. The molecule has 8 nitrogen and oxygen atoms in total. The molecule has 0 spiro atoms. The molecule has 0 bridgehead atoms. The average molecular weight is 317 g/mol. The molecule has 1 N–H and O–H groups in total. The number of rotatable bonds is 5. The molecule has 120 valence electrons. The van der Waals surface area contributed by atoms with Crippen molar-refractivity contribution in [3.8, 4) is 5.75 Å². The van der Waals surface area contributed by atoms with Gasteiger partial charge >= 0.3 is 11.2 Å². The van der Waals surface area contributed by atoms with Crippen molar-refractivity contribution < 1.29 is 14.5 Å². The van der Waals surface area contributed by atoms with Gasteiger partial charge in [0.15, 0.2) is 0 Å². The van der Waals surface area contributed by atoms with E-state index in [-0.39, 0.29) is 6.54 Å². The van der Waals surface area contributed by atoms with Gasteiger partial charge in [-0.3, -0.25) is 24.3 Å². The zero-order valence-corrected chi connectivity index (χ0v) is 12.6. The van der Waals surface area contributed by atoms with E-state index >= 15 is 0 Å². The lowest BCUT2D eigenvalue weighted by Crippen LogP contribution is -2.30. The molecule has 1 heterocycles. The number of benzene rings is 1. The van der Waals surface area contributed by atoms with Crippen molar-refractivity contribution in [2.45, 2.75) is 13.5 Å². The number of methoxy groups -OCH3 is 1. The second-order valence-electron chi connectivity index (χ2n) is 4.79. The van der Waals surface area contributed by atoms with Crippen LogP contribution in [0.1, 0.15) is 5.69 Å². The molecule has 0 aliphatic carbocycles. The van der Waals surface area contributed by atoms with Gasteiger partial charge < -0.3 is 10.1 Å². The van der Waals surface area contributed by atoms with Gasteiger partial charge in [-0.05, 0) is 37.3 Å². The summed E-state index contributed by atoms with van der Waals surface area (Å²) in [5, 5.41) is 13.4. The van der Waals surface area contributed by atoms with E-state index in [9.17, 15) is 19.7 Å². The summed E-state index contributed by atoms with van der Waals surface area (Å²) < 4.78 is 6.08. The lowest BCUT2D eigenvalue weighted by Gasteiger charge is -2.10. The van der Waals surface area contributed by atoms with Crippen LogP contribution in [0, 0.1) is 17.0 Å². The summed E-state index contributed by atoms with van der Waals surface area (Å²) in [7, 11) is 1.53. The van der Waals surface area contributed by atoms with Gasteiger partial charge in [0.1, 0.15) is 12.3 Å². The van der Waals surface area contributed by atoms with Gasteiger partial charge in [0.05, 0.1) is 12.0 Å². The van der Waals surface area contributed by atoms with E-state index in [0.29, 0.717) is 17.1 Å². The molecule has 2 rings (SSSR count). The van der Waals surface area contributed by atoms with E-state index in [2.05, 4.69) is 5.32 Å². The fourth-order valence-corrected chi connectivity index (χ4v) is 2.01. The molecule has 1 amide bonds. The normalized spacial score (nSPS) is 10.2. The Balaban J connectivity index is 2.18. The van der Waals surface area contributed by atoms with Crippen LogP contribution in [0.2, 0.25) is 0 Å². The lowest BCUT2D eigenvalue weighted by atomic mass is 10.3. The van der Waals surface area contributed by atoms with Gasteiger partial charge in [0, 0.05) is 17.4 Å². The lowest BCUT2D eigenvalue weighted by molar-refractivity contribution is -0.386. The van der Waals surface area contributed by atoms with Gasteiger partial charge in [0.25, 0.3) is 0 Å². The Kier molecular flexibility index (Phi) is 4.75. The Morgan fingerprint density at radius 3 is 2.48 bits per heavy atom. The van der Waals surface area contributed by atoms with Gasteiger partial charge in [-0.2, -0.15) is 0 Å². The minimum atomic E-state index is -0.806. The number of ether oxygens (including phenoxy) is 1. The number of nitro groups is 1. The number of amides is 1. The van der Waals surface area contributed by atoms with Crippen molar-refractivity contribution in [2.24, 2.45) is 0 Å². The number of carbonyl (C=O) groups excluding carboxylic acids is 1. The van der Waals surface area contributed by atoms with Crippen LogP contribution in [0.5, 0.6) is 5.75 Å². The molecule has 1 aromatic heterocycles. The van der Waals surface area contributed by atoms with Gasteiger partial charge in [-0.15, -0.1) is 0 Å². The fraction of sp³-hybridized carbons (Fsp3) is 0.200. The van der Waals surface area contributed by atoms with E-state index in [0.717, 1.165) is 10.6 Å². The van der Waals surface area contributed by atoms with Gasteiger partial charge in [-0.25, -0.2) is 0 Å². The third-order valence-corrected chi connectivity index (χ3v) is 3.24. The second-order valence-corrected chi connectivity index (χ2v) is 4.79. The first kappa shape index (κ1) is 16.2. The van der Waals surface area contributed by atoms with Crippen LogP contribution in [0.3, 0.4) is 0 Å². The van der Waals surface area contributed by atoms with E-state index in [1.54, 1.807) is 31.2 Å². The standard InChI is InChI=1S/C15H15N3O5/c1-10-3-8-13(18(21)22)15(20)17(10)9-14(19)16-11-4-6-12(23-2)7-5-11/h3-8H,9H2,1-2H3,(H,16,19). The number of pyridine rings is 1. The largest absolute Gasteiger partial charge is 0.497 e. The Morgan fingerprint density at radius 1 is 1.26 bits per heavy atom. The third-order valence-electron chi connectivity index (χ3n) is 3.24. The number of anilines is 1. The maximum Gasteiger partial charge on any atom is 0.334 e. The van der Waals surface area contributed by atoms with Gasteiger partial charge in [0.2, 0.25) is 5.91 Å². The molecule has 0 saturated carbocycles. The Bertz CT molecular complexity index is 796. The van der Waals surface area contributed by atoms with E-state index in [4.69, 9.17) is 4.74 Å². The summed E-state index contributed by atoms with van der Waals surface area (Å²) >= 11 is 0. The van der Waals surface area contributed by atoms with Crippen LogP contribution in [0.15, 0.2) is 41.2 Å². The maximum atomic E-state index is 12.0. The van der Waals surface area contributed by atoms with Crippen LogP contribution in [0.4, 0.5) is 11.4 Å². The maximum absolute atomic E-state index is 12.0. The zero-order chi connectivity index (χ0) is 17.0. The van der Waals surface area contributed by atoms with Crippen molar-refractivity contribution in [3.05, 3.63) is 62.6 Å². The molecular weight excluding hydrogens is 302 g/mol. The molecule has 0 aliphatic rings. The number of aryl methyl sites for hydroxylation is 1. The highest BCUT2D eigenvalue weighted by atomic mass is 16.6. The number of nitrogens with zero attached hydrogens (tertiary/aromatic N) is 2. The van der Waals surface area contributed by atoms with Crippen LogP contribution in [-0.4, -0.2) is 22.5 Å². The predicted octanol–water partition coefficient (Wildman–Crippen LogP) is 1.71. The Morgan fingerprint density at radius 2 is 1.91 bits per heavy atom. The monoisotopic (exact) mass is 317 g/mol. The smallest absolute Gasteiger partial charge is 0.334 e. The zero-order valence-electron chi connectivity index (χ0n) is 12.6. The van der Waals surface area contributed by atoms with Crippen molar-refractivity contribution in [1.29, 1.82) is 0 Å². The molecule has 0 fully saturated rings. The topological polar surface area (TPSA) is 103 Å². The first-order chi connectivity index (χ1) is 10.9. The Hall–Kier alpha value is -3.16. The number of hydrogen-bond donors (Lipinski definition) is 1. The van der Waals surface area contributed by atoms with E-state index in [1.807, 2.05) is 0 Å². The van der Waals surface area contributed by atoms with Crippen LogP contribution < -0.4 is 15.6 Å². The summed E-state index contributed by atoms with van der Waals surface area (Å²) in [5.74, 6) is 0.189. The quantitative estimate of drug-likeness (QED) is 0.668. The van der Waals surface area contributed by atoms with E-state index < -0.39 is 22.1 Å². The summed E-state index contributed by atoms with van der Waals surface area (Å²) in [4.78, 5) is 34.1. The van der Waals surface area contributed by atoms with Crippen molar-refractivity contribution in [3.63, 3.8) is 0 Å². The van der Waals surface area contributed by atoms with Crippen molar-refractivity contribution >= 4 is 17.3 Å². The highest BCUT2D eigenvalue weighted by molar-refractivity contribution is 5.90. The molecule has 0 unspecified atom stereocenters. The molecule has 0 radical (unpaired) electrons. The third kappa shape index (κ3) is 3.73. The second kappa shape index (κ2) is 6.73. The highest BCUT2D eigenvalue weighted by Gasteiger charge is 2.17. The molecule has 0 atom stereocenters. The number of hydrogen-bond acceptors (Lipinski definition) is 5.